The van der Waals surface area contributed by atoms with E-state index in [0.29, 0.717) is 16.7 Å². The van der Waals surface area contributed by atoms with Gasteiger partial charge in [-0.05, 0) is 18.2 Å². The summed E-state index contributed by atoms with van der Waals surface area (Å²) in [6, 6.07) is 3.34. The lowest BCUT2D eigenvalue weighted by Gasteiger charge is -2.10. The van der Waals surface area contributed by atoms with Gasteiger partial charge in [-0.25, -0.2) is 9.59 Å². The molecule has 0 amide bonds. The van der Waals surface area contributed by atoms with Crippen LogP contribution in [-0.4, -0.2) is 32.3 Å². The Kier molecular flexibility index (Phi) is 2.60. The van der Waals surface area contributed by atoms with Crippen LogP contribution >= 0.6 is 0 Å². The zero-order valence-corrected chi connectivity index (χ0v) is 8.75. The van der Waals surface area contributed by atoms with Gasteiger partial charge in [-0.3, -0.25) is 4.57 Å². The lowest BCUT2D eigenvalue weighted by molar-refractivity contribution is -0.142. The number of aliphatic carboxylic acids is 1. The van der Waals surface area contributed by atoms with Crippen molar-refractivity contribution in [3.8, 4) is 0 Å². The van der Waals surface area contributed by atoms with E-state index in [-0.39, 0.29) is 0 Å². The second kappa shape index (κ2) is 3.95. The number of carboxylic acid groups (broad SMARTS) is 1. The summed E-state index contributed by atoms with van der Waals surface area (Å²) in [4.78, 5) is 25.1. The van der Waals surface area contributed by atoms with Gasteiger partial charge in [0, 0.05) is 5.69 Å². The molecule has 7 heteroatoms. The summed E-state index contributed by atoms with van der Waals surface area (Å²) < 4.78 is 0.980. The van der Waals surface area contributed by atoms with E-state index in [1.807, 2.05) is 0 Å². The molecule has 0 spiro atoms. The van der Waals surface area contributed by atoms with Gasteiger partial charge in [0.05, 0.1) is 17.6 Å². The molecule has 1 aromatic carbocycles. The smallest absolute Gasteiger partial charge is 0.329 e. The molecule has 0 saturated heterocycles. The number of aromatic amines is 1. The lowest BCUT2D eigenvalue weighted by atomic mass is 10.2. The third-order valence-corrected chi connectivity index (χ3v) is 2.51. The van der Waals surface area contributed by atoms with Gasteiger partial charge in [-0.2, -0.15) is 0 Å². The van der Waals surface area contributed by atoms with Gasteiger partial charge in [-0.15, -0.1) is 0 Å². The maximum Gasteiger partial charge on any atom is 0.329 e. The highest BCUT2D eigenvalue weighted by Crippen LogP contribution is 2.17. The van der Waals surface area contributed by atoms with Crippen LogP contribution < -0.4 is 11.4 Å². The minimum absolute atomic E-state index is 0.358. The van der Waals surface area contributed by atoms with Gasteiger partial charge in [0.25, 0.3) is 0 Å². The normalized spacial score (nSPS) is 12.8. The first kappa shape index (κ1) is 11.2. The van der Waals surface area contributed by atoms with Gasteiger partial charge < -0.3 is 20.9 Å². The van der Waals surface area contributed by atoms with Crippen LogP contribution in [0.25, 0.3) is 11.0 Å². The summed E-state index contributed by atoms with van der Waals surface area (Å²) in [7, 11) is 0. The van der Waals surface area contributed by atoms with E-state index < -0.39 is 24.3 Å². The van der Waals surface area contributed by atoms with Crippen LogP contribution in [0.5, 0.6) is 0 Å². The Bertz CT molecular complexity index is 628. The number of carboxylic acids is 1. The number of rotatable bonds is 3. The summed E-state index contributed by atoms with van der Waals surface area (Å²) >= 11 is 0. The van der Waals surface area contributed by atoms with Gasteiger partial charge in [0.15, 0.2) is 6.04 Å². The molecule has 1 atom stereocenters. The third-order valence-electron chi connectivity index (χ3n) is 2.51. The fourth-order valence-corrected chi connectivity index (χ4v) is 1.72. The lowest BCUT2D eigenvalue weighted by Crippen LogP contribution is -2.30. The van der Waals surface area contributed by atoms with E-state index in [9.17, 15) is 9.59 Å². The number of fused-ring (bicyclic) bond motifs is 1. The van der Waals surface area contributed by atoms with Crippen molar-refractivity contribution in [3.63, 3.8) is 0 Å². The molecular weight excluding hydrogens is 226 g/mol. The number of imidazole rings is 1. The molecule has 0 radical (unpaired) electrons. The molecule has 0 aliphatic heterocycles. The van der Waals surface area contributed by atoms with E-state index in [1.54, 1.807) is 12.1 Å². The number of carbonyl (C=O) groups is 1. The van der Waals surface area contributed by atoms with E-state index in [4.69, 9.17) is 15.9 Å². The quantitative estimate of drug-likeness (QED) is 0.538. The summed E-state index contributed by atoms with van der Waals surface area (Å²) in [6.07, 6.45) is 0. The van der Waals surface area contributed by atoms with Gasteiger partial charge in [0.1, 0.15) is 0 Å². The predicted molar refractivity (Wildman–Crippen MR) is 60.7 cm³/mol. The minimum atomic E-state index is -1.32. The van der Waals surface area contributed by atoms with E-state index in [1.165, 1.54) is 6.07 Å². The number of nitrogen functional groups attached to an aromatic ring is 1. The molecule has 0 saturated carbocycles. The molecule has 7 nitrogen and oxygen atoms in total. The molecule has 5 N–H and O–H groups in total. The first-order valence-electron chi connectivity index (χ1n) is 4.88. The molecule has 2 rings (SSSR count). The van der Waals surface area contributed by atoms with E-state index in [2.05, 4.69) is 4.98 Å². The molecule has 17 heavy (non-hydrogen) atoms. The number of aliphatic hydroxyl groups is 1. The summed E-state index contributed by atoms with van der Waals surface area (Å²) in [6.45, 7) is -0.670. The number of aliphatic hydroxyl groups excluding tert-OH is 1. The Morgan fingerprint density at radius 1 is 1.53 bits per heavy atom. The van der Waals surface area contributed by atoms with Crippen LogP contribution in [0.15, 0.2) is 23.0 Å². The van der Waals surface area contributed by atoms with Crippen molar-refractivity contribution in [2.24, 2.45) is 0 Å². The average Bonchev–Trinajstić information content (AvgIpc) is 2.56. The number of nitrogens with two attached hydrogens (primary N) is 1. The molecule has 1 unspecified atom stereocenters. The maximum atomic E-state index is 11.6. The topological polar surface area (TPSA) is 121 Å². The van der Waals surface area contributed by atoms with Crippen LogP contribution in [0.2, 0.25) is 0 Å². The molecule has 2 aromatic rings. The van der Waals surface area contributed by atoms with Crippen molar-refractivity contribution in [2.75, 3.05) is 12.3 Å². The highest BCUT2D eigenvalue weighted by Gasteiger charge is 2.23. The molecular formula is C10H11N3O4. The first-order chi connectivity index (χ1) is 8.04. The molecule has 0 aliphatic rings. The van der Waals surface area contributed by atoms with Gasteiger partial charge >= 0.3 is 11.7 Å². The van der Waals surface area contributed by atoms with Gasteiger partial charge in [0.2, 0.25) is 0 Å². The maximum absolute atomic E-state index is 11.6. The van der Waals surface area contributed by atoms with Crippen molar-refractivity contribution >= 4 is 22.7 Å². The fraction of sp³-hybridized carbons (Fsp3) is 0.200. The number of hydrogen-bond donors (Lipinski definition) is 4. The summed E-state index contributed by atoms with van der Waals surface area (Å²) in [5.41, 5.74) is 6.23. The highest BCUT2D eigenvalue weighted by atomic mass is 16.4. The number of nitrogens with one attached hydrogen (secondary N) is 1. The van der Waals surface area contributed by atoms with Crippen LogP contribution in [0.4, 0.5) is 5.69 Å². The number of anilines is 1. The largest absolute Gasteiger partial charge is 0.480 e. The Balaban J connectivity index is 2.75. The molecule has 1 heterocycles. The minimum Gasteiger partial charge on any atom is -0.480 e. The van der Waals surface area contributed by atoms with Crippen LogP contribution in [-0.2, 0) is 4.79 Å². The Morgan fingerprint density at radius 3 is 2.82 bits per heavy atom. The standard InChI is InChI=1S/C10H11N3O4/c11-5-1-2-6-7(3-5)13(10(17)12-6)8(4-14)9(15)16/h1-3,8,14H,4,11H2,(H,12,17)(H,15,16). The molecule has 0 bridgehead atoms. The van der Waals surface area contributed by atoms with Crippen LogP contribution in [0.1, 0.15) is 6.04 Å². The van der Waals surface area contributed by atoms with Crippen molar-refractivity contribution in [1.82, 2.24) is 9.55 Å². The first-order valence-corrected chi connectivity index (χ1v) is 4.88. The molecule has 0 aliphatic carbocycles. The molecule has 90 valence electrons. The highest BCUT2D eigenvalue weighted by molar-refractivity contribution is 5.82. The number of H-pyrrole nitrogens is 1. The Labute approximate surface area is 95.1 Å². The summed E-state index contributed by atoms with van der Waals surface area (Å²) in [5.74, 6) is -1.28. The molecule has 0 fully saturated rings. The van der Waals surface area contributed by atoms with Crippen molar-refractivity contribution in [3.05, 3.63) is 28.7 Å². The Morgan fingerprint density at radius 2 is 2.24 bits per heavy atom. The predicted octanol–water partition coefficient (Wildman–Crippen LogP) is -0.470. The van der Waals surface area contributed by atoms with E-state index >= 15 is 0 Å². The number of aromatic nitrogens is 2. The monoisotopic (exact) mass is 237 g/mol. The number of benzene rings is 1. The second-order valence-electron chi connectivity index (χ2n) is 3.61. The van der Waals surface area contributed by atoms with Crippen LogP contribution in [0, 0.1) is 0 Å². The van der Waals surface area contributed by atoms with Crippen molar-refractivity contribution < 1.29 is 15.0 Å². The van der Waals surface area contributed by atoms with Crippen LogP contribution in [0.3, 0.4) is 0 Å². The van der Waals surface area contributed by atoms with Crippen molar-refractivity contribution in [2.45, 2.75) is 6.04 Å². The zero-order valence-electron chi connectivity index (χ0n) is 8.75. The zero-order chi connectivity index (χ0) is 12.6. The Hall–Kier alpha value is -2.28. The van der Waals surface area contributed by atoms with E-state index in [0.717, 1.165) is 4.57 Å². The van der Waals surface area contributed by atoms with Gasteiger partial charge in [-0.1, -0.05) is 0 Å². The molecule has 1 aromatic heterocycles. The van der Waals surface area contributed by atoms with Crippen molar-refractivity contribution in [1.29, 1.82) is 0 Å². The second-order valence-corrected chi connectivity index (χ2v) is 3.61. The number of nitrogens with zero attached hydrogens (tertiary/aromatic N) is 1. The summed E-state index contributed by atoms with van der Waals surface area (Å²) in [5, 5.41) is 18.0. The number of hydrogen-bond acceptors (Lipinski definition) is 4. The average molecular weight is 237 g/mol. The third kappa shape index (κ3) is 1.76. The SMILES string of the molecule is Nc1ccc2[nH]c(=O)n(C(CO)C(=O)O)c2c1. The fourth-order valence-electron chi connectivity index (χ4n) is 1.72.